The highest BCUT2D eigenvalue weighted by Gasteiger charge is 2.41. The van der Waals surface area contributed by atoms with Gasteiger partial charge in [0.15, 0.2) is 5.11 Å². The second kappa shape index (κ2) is 10.3. The molecule has 0 saturated carbocycles. The highest BCUT2D eigenvalue weighted by atomic mass is 32.1. The molecule has 0 aliphatic carbocycles. The average molecular weight is 510 g/mol. The van der Waals surface area contributed by atoms with Gasteiger partial charge in [-0.05, 0) is 62.0 Å². The van der Waals surface area contributed by atoms with Crippen molar-refractivity contribution >= 4 is 29.0 Å². The van der Waals surface area contributed by atoms with Gasteiger partial charge >= 0.3 is 5.97 Å². The Labute approximate surface area is 214 Å². The smallest absolute Gasteiger partial charge is 0.307 e. The van der Waals surface area contributed by atoms with E-state index in [0.717, 1.165) is 22.6 Å². The summed E-state index contributed by atoms with van der Waals surface area (Å²) >= 11 is 5.67. The first-order chi connectivity index (χ1) is 17.3. The van der Waals surface area contributed by atoms with Crippen LogP contribution < -0.4 is 10.1 Å². The van der Waals surface area contributed by atoms with Gasteiger partial charge in [-0.3, -0.25) is 19.9 Å². The molecule has 3 aromatic rings. The molecule has 2 aromatic heterocycles. The predicted octanol–water partition coefficient (Wildman–Crippen LogP) is 3.94. The summed E-state index contributed by atoms with van der Waals surface area (Å²) in [6, 6.07) is 11.9. The highest BCUT2D eigenvalue weighted by Crippen LogP contribution is 2.42. The van der Waals surface area contributed by atoms with Gasteiger partial charge in [0.1, 0.15) is 11.4 Å². The molecule has 2 atom stereocenters. The number of aromatic nitrogens is 2. The van der Waals surface area contributed by atoms with E-state index >= 15 is 0 Å². The summed E-state index contributed by atoms with van der Waals surface area (Å²) in [6.07, 6.45) is 1.88. The summed E-state index contributed by atoms with van der Waals surface area (Å²) in [5.41, 5.74) is 3.73. The van der Waals surface area contributed by atoms with Crippen LogP contribution in [0.1, 0.15) is 41.1 Å². The third-order valence-electron chi connectivity index (χ3n) is 6.39. The Hall–Kier alpha value is -3.99. The van der Waals surface area contributed by atoms with Gasteiger partial charge in [0.05, 0.1) is 49.4 Å². The number of nitrogens with one attached hydrogen (secondary N) is 1. The van der Waals surface area contributed by atoms with E-state index in [0.29, 0.717) is 23.1 Å². The zero-order valence-electron chi connectivity index (χ0n) is 20.4. The molecule has 0 amide bonds. The number of esters is 1. The Kier molecular flexibility index (Phi) is 7.20. The fraction of sp³-hybridized carbons (Fsp3) is 0.320. The van der Waals surface area contributed by atoms with Gasteiger partial charge in [0, 0.05) is 24.1 Å². The molecule has 10 nitrogen and oxygen atoms in total. The Morgan fingerprint density at radius 2 is 2.00 bits per heavy atom. The minimum Gasteiger partial charge on any atom is -0.496 e. The number of nitro groups is 1. The largest absolute Gasteiger partial charge is 0.496 e. The molecule has 0 bridgehead atoms. The summed E-state index contributed by atoms with van der Waals surface area (Å²) in [6.45, 7) is 4.17. The molecule has 1 saturated heterocycles. The number of thiocarbonyl (C=S) groups is 1. The second-order valence-corrected chi connectivity index (χ2v) is 8.81. The molecule has 1 N–H and O–H groups in total. The molecule has 4 rings (SSSR count). The monoisotopic (exact) mass is 509 g/mol. The maximum Gasteiger partial charge on any atom is 0.307 e. The van der Waals surface area contributed by atoms with Gasteiger partial charge in [0.2, 0.25) is 0 Å². The van der Waals surface area contributed by atoms with Gasteiger partial charge in [-0.1, -0.05) is 6.07 Å². The molecular weight excluding hydrogens is 482 g/mol. The summed E-state index contributed by atoms with van der Waals surface area (Å²) in [5, 5.41) is 15.8. The van der Waals surface area contributed by atoms with Crippen LogP contribution in [-0.2, 0) is 9.53 Å². The first-order valence-corrected chi connectivity index (χ1v) is 11.7. The number of carbonyl (C=O) groups is 1. The minimum absolute atomic E-state index is 0.0633. The van der Waals surface area contributed by atoms with Crippen LogP contribution in [0, 0.1) is 24.0 Å². The van der Waals surface area contributed by atoms with E-state index < -0.39 is 4.92 Å². The maximum absolute atomic E-state index is 11.9. The zero-order valence-corrected chi connectivity index (χ0v) is 21.2. The molecule has 1 fully saturated rings. The number of benzene rings is 1. The Morgan fingerprint density at radius 1 is 1.22 bits per heavy atom. The van der Waals surface area contributed by atoms with E-state index in [1.165, 1.54) is 20.3 Å². The van der Waals surface area contributed by atoms with Gasteiger partial charge in [-0.25, -0.2) is 0 Å². The van der Waals surface area contributed by atoms with Crippen LogP contribution >= 0.6 is 12.2 Å². The third-order valence-corrected chi connectivity index (χ3v) is 6.74. The molecule has 1 aromatic carbocycles. The molecule has 0 spiro atoms. The standard InChI is InChI=1S/C25H27N5O5S/c1-15-13-18(16(2)29(15)20-9-8-17(34-3)14-21(20)30(32)33)24-23(19-7-5-6-11-26-19)27-25(36)28(24)12-10-22(31)35-4/h5-9,11,13-14,23-24H,10,12H2,1-4H3,(H,27,36)/t23-,24-/m1/s1. The van der Waals surface area contributed by atoms with E-state index in [4.69, 9.17) is 21.7 Å². The normalized spacial score (nSPS) is 17.1. The van der Waals surface area contributed by atoms with Crippen LogP contribution in [-0.4, -0.2) is 51.2 Å². The van der Waals surface area contributed by atoms with Gasteiger partial charge in [0.25, 0.3) is 5.69 Å². The van der Waals surface area contributed by atoms with E-state index in [1.807, 2.05) is 47.6 Å². The lowest BCUT2D eigenvalue weighted by Crippen LogP contribution is -2.32. The lowest BCUT2D eigenvalue weighted by atomic mass is 9.96. The number of nitro benzene ring substituents is 1. The fourth-order valence-corrected chi connectivity index (χ4v) is 5.05. The molecular formula is C25H27N5O5S. The van der Waals surface area contributed by atoms with E-state index in [9.17, 15) is 14.9 Å². The maximum atomic E-state index is 11.9. The van der Waals surface area contributed by atoms with Crippen molar-refractivity contribution in [1.29, 1.82) is 0 Å². The summed E-state index contributed by atoms with van der Waals surface area (Å²) in [4.78, 5) is 29.9. The number of rotatable bonds is 8. The Balaban J connectivity index is 1.84. The van der Waals surface area contributed by atoms with Crippen molar-refractivity contribution in [2.45, 2.75) is 32.4 Å². The number of hydrogen-bond donors (Lipinski definition) is 1. The number of nitrogens with zero attached hydrogens (tertiary/aromatic N) is 4. The second-order valence-electron chi connectivity index (χ2n) is 8.42. The molecule has 3 heterocycles. The average Bonchev–Trinajstić information content (AvgIpc) is 3.36. The molecule has 1 aliphatic rings. The highest BCUT2D eigenvalue weighted by molar-refractivity contribution is 7.80. The van der Waals surface area contributed by atoms with Crippen LogP contribution in [0.2, 0.25) is 0 Å². The van der Waals surface area contributed by atoms with Gasteiger partial charge in [-0.2, -0.15) is 0 Å². The van der Waals surface area contributed by atoms with Gasteiger partial charge in [-0.15, -0.1) is 0 Å². The van der Waals surface area contributed by atoms with Crippen LogP contribution in [0.3, 0.4) is 0 Å². The third kappa shape index (κ3) is 4.61. The summed E-state index contributed by atoms with van der Waals surface area (Å²) < 4.78 is 11.9. The molecule has 36 heavy (non-hydrogen) atoms. The Morgan fingerprint density at radius 3 is 2.64 bits per heavy atom. The van der Waals surface area contributed by atoms with Crippen molar-refractivity contribution in [1.82, 2.24) is 19.8 Å². The van der Waals surface area contributed by atoms with Crippen molar-refractivity contribution in [3.8, 4) is 11.4 Å². The predicted molar refractivity (Wildman–Crippen MR) is 137 cm³/mol. The van der Waals surface area contributed by atoms with Crippen molar-refractivity contribution in [3.63, 3.8) is 0 Å². The van der Waals surface area contributed by atoms with Crippen LogP contribution in [0.4, 0.5) is 5.69 Å². The number of hydrogen-bond acceptors (Lipinski definition) is 7. The first-order valence-electron chi connectivity index (χ1n) is 11.3. The summed E-state index contributed by atoms with van der Waals surface area (Å²) in [7, 11) is 2.83. The lowest BCUT2D eigenvalue weighted by molar-refractivity contribution is -0.384. The summed E-state index contributed by atoms with van der Waals surface area (Å²) in [5.74, 6) is 0.0693. The quantitative estimate of drug-likeness (QED) is 0.209. The van der Waals surface area contributed by atoms with E-state index in [2.05, 4.69) is 10.3 Å². The number of aryl methyl sites for hydroxylation is 1. The van der Waals surface area contributed by atoms with E-state index in [1.54, 1.807) is 18.3 Å². The minimum atomic E-state index is -0.415. The number of carbonyl (C=O) groups excluding carboxylic acids is 1. The fourth-order valence-electron chi connectivity index (χ4n) is 4.72. The SMILES string of the molecule is COC(=O)CCN1C(=S)N[C@H](c2ccccn2)[C@H]1c1cc(C)n(-c2ccc(OC)cc2[N+](=O)[O-])c1C. The van der Waals surface area contributed by atoms with Crippen molar-refractivity contribution in [2.75, 3.05) is 20.8 Å². The van der Waals surface area contributed by atoms with Crippen LogP contribution in [0.15, 0.2) is 48.7 Å². The van der Waals surface area contributed by atoms with Crippen molar-refractivity contribution < 1.29 is 19.2 Å². The van der Waals surface area contributed by atoms with Crippen LogP contribution in [0.5, 0.6) is 5.75 Å². The molecule has 1 aliphatic heterocycles. The van der Waals surface area contributed by atoms with Gasteiger partial charge < -0.3 is 24.3 Å². The van der Waals surface area contributed by atoms with Crippen molar-refractivity contribution in [2.24, 2.45) is 0 Å². The molecule has 0 radical (unpaired) electrons. The van der Waals surface area contributed by atoms with E-state index in [-0.39, 0.29) is 30.2 Å². The number of pyridine rings is 1. The first kappa shape index (κ1) is 25.1. The number of ether oxygens (including phenoxy) is 2. The lowest BCUT2D eigenvalue weighted by Gasteiger charge is -2.28. The topological polar surface area (TPSA) is 112 Å². The number of methoxy groups -OCH3 is 2. The van der Waals surface area contributed by atoms with Crippen molar-refractivity contribution in [3.05, 3.63) is 81.4 Å². The zero-order chi connectivity index (χ0) is 26.0. The molecule has 188 valence electrons. The van der Waals surface area contributed by atoms with Crippen LogP contribution in [0.25, 0.3) is 5.69 Å². The Bertz CT molecular complexity index is 1310. The molecule has 0 unspecified atom stereocenters. The molecule has 11 heteroatoms.